The first-order valence-electron chi connectivity index (χ1n) is 8.56. The van der Waals surface area contributed by atoms with Crippen LogP contribution in [0.1, 0.15) is 36.3 Å². The average Bonchev–Trinajstić information content (AvgIpc) is 3.01. The first-order valence-corrected chi connectivity index (χ1v) is 11.3. The van der Waals surface area contributed by atoms with Crippen LogP contribution in [0.3, 0.4) is 0 Å². The van der Waals surface area contributed by atoms with Gasteiger partial charge in [-0.25, -0.2) is 8.42 Å². The molecule has 3 aromatic rings. The zero-order chi connectivity index (χ0) is 19.9. The van der Waals surface area contributed by atoms with Crippen LogP contribution in [-0.4, -0.2) is 19.8 Å². The molecule has 1 N–H and O–H groups in total. The fourth-order valence-electron chi connectivity index (χ4n) is 2.33. The molecule has 0 aliphatic heterocycles. The Bertz CT molecular complexity index is 955. The fraction of sp³-hybridized carbons (Fsp3) is 0.333. The van der Waals surface area contributed by atoms with E-state index >= 15 is 0 Å². The number of benzene rings is 2. The first-order chi connectivity index (χ1) is 12.1. The normalized spacial score (nSPS) is 10.5. The van der Waals surface area contributed by atoms with Gasteiger partial charge >= 0.3 is 0 Å². The monoisotopic (exact) mass is 392 g/mol. The van der Waals surface area contributed by atoms with Gasteiger partial charge in [0.1, 0.15) is 9.96 Å². The number of aryl methyl sites for hydroxylation is 3. The van der Waals surface area contributed by atoms with E-state index in [2.05, 4.69) is 20.8 Å². The average molecular weight is 393 g/mol. The standard InChI is InChI=1S/C12H12O.C6H8O2S2.C3H8/c1-8-7-9(2)12(13)11-6-4-3-5-10(8)11;1-5-3-4-6(9-5)10(2,7)8;1-3-2/h3-7,13H,1-2H3;3-4H,1-2H3;3H2,1-2H3. The second-order valence-corrected chi connectivity index (χ2v) is 9.78. The number of hydrogen-bond donors (Lipinski definition) is 1. The van der Waals surface area contributed by atoms with Gasteiger partial charge in [0.2, 0.25) is 0 Å². The lowest BCUT2D eigenvalue weighted by Crippen LogP contribution is -1.91. The van der Waals surface area contributed by atoms with E-state index in [0.29, 0.717) is 9.96 Å². The molecular weight excluding hydrogens is 364 g/mol. The fourth-order valence-corrected chi connectivity index (χ4v) is 4.23. The molecule has 0 bridgehead atoms. The molecule has 0 unspecified atom stereocenters. The zero-order valence-electron chi connectivity index (χ0n) is 16.3. The maximum atomic E-state index is 10.9. The molecule has 142 valence electrons. The highest BCUT2D eigenvalue weighted by molar-refractivity contribution is 7.92. The molecule has 0 saturated carbocycles. The van der Waals surface area contributed by atoms with Gasteiger partial charge in [-0.2, -0.15) is 0 Å². The Morgan fingerprint density at radius 2 is 1.46 bits per heavy atom. The zero-order valence-corrected chi connectivity index (χ0v) is 18.0. The maximum absolute atomic E-state index is 10.9. The summed E-state index contributed by atoms with van der Waals surface area (Å²) >= 11 is 1.31. The van der Waals surface area contributed by atoms with Crippen molar-refractivity contribution in [2.24, 2.45) is 0 Å². The molecule has 1 aromatic heterocycles. The van der Waals surface area contributed by atoms with Gasteiger partial charge in [0.05, 0.1) is 0 Å². The largest absolute Gasteiger partial charge is 0.507 e. The summed E-state index contributed by atoms with van der Waals surface area (Å²) in [4.78, 5) is 1.03. The molecule has 1 heterocycles. The molecule has 0 aliphatic carbocycles. The lowest BCUT2D eigenvalue weighted by molar-refractivity contribution is 0.477. The van der Waals surface area contributed by atoms with Gasteiger partial charge in [0.25, 0.3) is 0 Å². The molecule has 0 amide bonds. The van der Waals surface area contributed by atoms with Crippen LogP contribution in [0.2, 0.25) is 0 Å². The Hall–Kier alpha value is -1.85. The predicted molar refractivity (Wildman–Crippen MR) is 113 cm³/mol. The molecule has 2 aromatic carbocycles. The maximum Gasteiger partial charge on any atom is 0.184 e. The highest BCUT2D eigenvalue weighted by atomic mass is 32.2. The summed E-state index contributed by atoms with van der Waals surface area (Å²) < 4.78 is 22.2. The van der Waals surface area contributed by atoms with Crippen LogP contribution in [0.25, 0.3) is 10.8 Å². The minimum absolute atomic E-state index is 0.404. The lowest BCUT2D eigenvalue weighted by atomic mass is 10.0. The van der Waals surface area contributed by atoms with Crippen LogP contribution < -0.4 is 0 Å². The van der Waals surface area contributed by atoms with E-state index in [1.54, 1.807) is 12.1 Å². The lowest BCUT2D eigenvalue weighted by Gasteiger charge is -2.06. The quantitative estimate of drug-likeness (QED) is 0.549. The van der Waals surface area contributed by atoms with E-state index in [1.165, 1.54) is 29.6 Å². The third kappa shape index (κ3) is 6.15. The van der Waals surface area contributed by atoms with E-state index in [1.807, 2.05) is 44.2 Å². The Kier molecular flexibility index (Phi) is 8.31. The molecule has 0 fully saturated rings. The first kappa shape index (κ1) is 22.2. The van der Waals surface area contributed by atoms with Crippen LogP contribution in [0.15, 0.2) is 46.7 Å². The number of phenols is 1. The van der Waals surface area contributed by atoms with E-state index in [9.17, 15) is 13.5 Å². The molecule has 0 spiro atoms. The number of rotatable bonds is 1. The van der Waals surface area contributed by atoms with Gasteiger partial charge in [-0.15, -0.1) is 11.3 Å². The molecule has 0 radical (unpaired) electrons. The number of hydrogen-bond acceptors (Lipinski definition) is 4. The van der Waals surface area contributed by atoms with Gasteiger partial charge in [-0.1, -0.05) is 50.6 Å². The third-order valence-electron chi connectivity index (χ3n) is 3.49. The number of aromatic hydroxyl groups is 1. The summed E-state index contributed by atoms with van der Waals surface area (Å²) in [6.45, 7) is 10.1. The van der Waals surface area contributed by atoms with Crippen LogP contribution >= 0.6 is 11.3 Å². The van der Waals surface area contributed by atoms with Gasteiger partial charge < -0.3 is 5.11 Å². The number of thiophene rings is 1. The van der Waals surface area contributed by atoms with Crippen LogP contribution in [0.5, 0.6) is 5.75 Å². The molecular formula is C21H28O3S2. The summed E-state index contributed by atoms with van der Waals surface area (Å²) in [5.41, 5.74) is 2.15. The van der Waals surface area contributed by atoms with Crippen molar-refractivity contribution in [3.63, 3.8) is 0 Å². The SMILES string of the molecule is CCC.Cc1cc(C)c2ccccc2c1O.Cc1ccc(S(C)(=O)=O)s1. The van der Waals surface area contributed by atoms with Crippen molar-refractivity contribution in [1.82, 2.24) is 0 Å². The summed E-state index contributed by atoms with van der Waals surface area (Å²) in [6.07, 6.45) is 2.47. The Morgan fingerprint density at radius 1 is 0.923 bits per heavy atom. The van der Waals surface area contributed by atoms with E-state index in [0.717, 1.165) is 21.2 Å². The number of fused-ring (bicyclic) bond motifs is 1. The Labute approximate surface area is 161 Å². The summed E-state index contributed by atoms with van der Waals surface area (Å²) in [7, 11) is -2.96. The Balaban J connectivity index is 0.000000233. The molecule has 3 rings (SSSR count). The molecule has 26 heavy (non-hydrogen) atoms. The van der Waals surface area contributed by atoms with Crippen LogP contribution in [-0.2, 0) is 9.84 Å². The molecule has 0 atom stereocenters. The highest BCUT2D eigenvalue weighted by Gasteiger charge is 2.07. The molecule has 0 aliphatic rings. The van der Waals surface area contributed by atoms with Crippen molar-refractivity contribution >= 4 is 31.9 Å². The summed E-state index contributed by atoms with van der Waals surface area (Å²) in [5, 5.41) is 11.9. The minimum Gasteiger partial charge on any atom is -0.507 e. The van der Waals surface area contributed by atoms with Gasteiger partial charge in [-0.3, -0.25) is 0 Å². The molecule has 3 nitrogen and oxygen atoms in total. The van der Waals surface area contributed by atoms with E-state index < -0.39 is 9.84 Å². The van der Waals surface area contributed by atoms with Crippen molar-refractivity contribution in [3.05, 3.63) is 58.5 Å². The van der Waals surface area contributed by atoms with Gasteiger partial charge in [0.15, 0.2) is 9.84 Å². The van der Waals surface area contributed by atoms with Crippen molar-refractivity contribution in [2.75, 3.05) is 6.26 Å². The predicted octanol–water partition coefficient (Wildman–Crippen LogP) is 6.04. The van der Waals surface area contributed by atoms with E-state index in [-0.39, 0.29) is 0 Å². The van der Waals surface area contributed by atoms with Crippen LogP contribution in [0, 0.1) is 20.8 Å². The third-order valence-corrected chi connectivity index (χ3v) is 6.32. The van der Waals surface area contributed by atoms with Crippen molar-refractivity contribution in [3.8, 4) is 5.75 Å². The second-order valence-electron chi connectivity index (χ2n) is 6.25. The van der Waals surface area contributed by atoms with E-state index in [4.69, 9.17) is 0 Å². The highest BCUT2D eigenvalue weighted by Crippen LogP contribution is 2.30. The number of sulfone groups is 1. The van der Waals surface area contributed by atoms with Gasteiger partial charge in [0, 0.05) is 16.5 Å². The van der Waals surface area contributed by atoms with Crippen LogP contribution in [0.4, 0.5) is 0 Å². The smallest absolute Gasteiger partial charge is 0.184 e. The summed E-state index contributed by atoms with van der Waals surface area (Å²) in [5.74, 6) is 0.404. The second kappa shape index (κ2) is 9.74. The number of phenolic OH excluding ortho intramolecular Hbond substituents is 1. The van der Waals surface area contributed by atoms with Crippen molar-refractivity contribution in [2.45, 2.75) is 45.2 Å². The van der Waals surface area contributed by atoms with Gasteiger partial charge in [-0.05, 0) is 49.4 Å². The minimum atomic E-state index is -2.96. The topological polar surface area (TPSA) is 54.4 Å². The summed E-state index contributed by atoms with van der Waals surface area (Å²) in [6, 6.07) is 13.4. The molecule has 5 heteroatoms. The van der Waals surface area contributed by atoms with Crippen molar-refractivity contribution < 1.29 is 13.5 Å². The Morgan fingerprint density at radius 3 is 1.88 bits per heavy atom. The molecule has 0 saturated heterocycles. The van der Waals surface area contributed by atoms with Crippen molar-refractivity contribution in [1.29, 1.82) is 0 Å².